The molecule has 1 saturated heterocycles. The number of nitrogens with zero attached hydrogens (tertiary/aromatic N) is 1. The molecule has 2 N–H and O–H groups in total. The first kappa shape index (κ1) is 15.8. The van der Waals surface area contributed by atoms with Crippen molar-refractivity contribution in [2.45, 2.75) is 39.0 Å². The summed E-state index contributed by atoms with van der Waals surface area (Å²) < 4.78 is 0. The van der Waals surface area contributed by atoms with Gasteiger partial charge in [-0.05, 0) is 55.9 Å². The Kier molecular flexibility index (Phi) is 6.05. The van der Waals surface area contributed by atoms with E-state index in [0.717, 1.165) is 31.1 Å². The zero-order valence-corrected chi connectivity index (χ0v) is 12.8. The minimum atomic E-state index is 0.0167. The van der Waals surface area contributed by atoms with Gasteiger partial charge in [-0.15, -0.1) is 0 Å². The topological polar surface area (TPSA) is 52.6 Å². The fourth-order valence-electron chi connectivity index (χ4n) is 2.64. The predicted octanol–water partition coefficient (Wildman–Crippen LogP) is 3.02. The molecule has 4 nitrogen and oxygen atoms in total. The summed E-state index contributed by atoms with van der Waals surface area (Å²) >= 11 is 0. The third-order valence-electron chi connectivity index (χ3n) is 4.11. The average molecular weight is 290 g/mol. The fourth-order valence-corrected chi connectivity index (χ4v) is 2.64. The molecule has 0 bridgehead atoms. The van der Waals surface area contributed by atoms with Crippen molar-refractivity contribution in [2.75, 3.05) is 29.9 Å². The number of carbonyl (C=O) groups excluding carboxylic acids is 1. The Morgan fingerprint density at radius 3 is 2.52 bits per heavy atom. The second kappa shape index (κ2) is 8.03. The summed E-state index contributed by atoms with van der Waals surface area (Å²) in [7, 11) is 0. The average Bonchev–Trinajstić information content (AvgIpc) is 2.49. The number of unbranched alkanes of at least 4 members (excludes halogenated alkanes) is 1. The Hall–Kier alpha value is -1.55. The van der Waals surface area contributed by atoms with Crippen LogP contribution in [0, 0.1) is 5.92 Å². The van der Waals surface area contributed by atoms with Crippen LogP contribution in [0.3, 0.4) is 0 Å². The minimum Gasteiger partial charge on any atom is -0.396 e. The van der Waals surface area contributed by atoms with Gasteiger partial charge in [0.25, 0.3) is 0 Å². The van der Waals surface area contributed by atoms with Gasteiger partial charge in [0.1, 0.15) is 0 Å². The standard InChI is InChI=1S/C17H26N2O2/c1-14-9-11-19(12-10-14)16-7-5-15(6-8-16)18-17(21)4-2-3-13-20/h5-8,14,20H,2-4,9-13H2,1H3,(H,18,21). The number of anilines is 2. The smallest absolute Gasteiger partial charge is 0.224 e. The van der Waals surface area contributed by atoms with E-state index in [1.165, 1.54) is 18.5 Å². The lowest BCUT2D eigenvalue weighted by Crippen LogP contribution is -2.32. The third-order valence-corrected chi connectivity index (χ3v) is 4.11. The molecule has 0 spiro atoms. The van der Waals surface area contributed by atoms with Crippen LogP contribution in [0.5, 0.6) is 0 Å². The van der Waals surface area contributed by atoms with Crippen molar-refractivity contribution >= 4 is 17.3 Å². The van der Waals surface area contributed by atoms with E-state index < -0.39 is 0 Å². The highest BCUT2D eigenvalue weighted by atomic mass is 16.3. The van der Waals surface area contributed by atoms with Crippen LogP contribution < -0.4 is 10.2 Å². The molecule has 1 heterocycles. The van der Waals surface area contributed by atoms with Gasteiger partial charge in [0.2, 0.25) is 5.91 Å². The van der Waals surface area contributed by atoms with E-state index in [4.69, 9.17) is 5.11 Å². The minimum absolute atomic E-state index is 0.0167. The summed E-state index contributed by atoms with van der Waals surface area (Å²) in [5.74, 6) is 0.849. The SMILES string of the molecule is CC1CCN(c2ccc(NC(=O)CCCCO)cc2)CC1. The summed E-state index contributed by atoms with van der Waals surface area (Å²) in [6, 6.07) is 8.10. The van der Waals surface area contributed by atoms with Crippen LogP contribution in [0.4, 0.5) is 11.4 Å². The summed E-state index contributed by atoms with van der Waals surface area (Å²) in [5.41, 5.74) is 2.08. The summed E-state index contributed by atoms with van der Waals surface area (Å²) in [6.07, 6.45) is 4.38. The van der Waals surface area contributed by atoms with E-state index >= 15 is 0 Å². The Bertz CT molecular complexity index is 437. The van der Waals surface area contributed by atoms with E-state index in [0.29, 0.717) is 12.8 Å². The first-order valence-corrected chi connectivity index (χ1v) is 7.95. The van der Waals surface area contributed by atoms with Crippen molar-refractivity contribution in [3.8, 4) is 0 Å². The van der Waals surface area contributed by atoms with Gasteiger partial charge in [0.05, 0.1) is 0 Å². The van der Waals surface area contributed by atoms with Crippen LogP contribution in [0.15, 0.2) is 24.3 Å². The zero-order chi connectivity index (χ0) is 15.1. The van der Waals surface area contributed by atoms with Crippen molar-refractivity contribution < 1.29 is 9.90 Å². The van der Waals surface area contributed by atoms with Gasteiger partial charge in [0, 0.05) is 37.5 Å². The quantitative estimate of drug-likeness (QED) is 0.792. The molecule has 116 valence electrons. The van der Waals surface area contributed by atoms with Crippen molar-refractivity contribution in [3.63, 3.8) is 0 Å². The second-order valence-electron chi connectivity index (χ2n) is 5.95. The number of hydrogen-bond acceptors (Lipinski definition) is 3. The number of benzene rings is 1. The van der Waals surface area contributed by atoms with E-state index in [1.807, 2.05) is 12.1 Å². The number of nitrogens with one attached hydrogen (secondary N) is 1. The van der Waals surface area contributed by atoms with Gasteiger partial charge in [-0.25, -0.2) is 0 Å². The van der Waals surface area contributed by atoms with E-state index in [2.05, 4.69) is 29.3 Å². The molecule has 1 aromatic rings. The number of rotatable bonds is 6. The number of amides is 1. The van der Waals surface area contributed by atoms with Gasteiger partial charge in [-0.2, -0.15) is 0 Å². The van der Waals surface area contributed by atoms with E-state index in [-0.39, 0.29) is 12.5 Å². The van der Waals surface area contributed by atoms with Gasteiger partial charge < -0.3 is 15.3 Å². The Morgan fingerprint density at radius 2 is 1.90 bits per heavy atom. The van der Waals surface area contributed by atoms with E-state index in [9.17, 15) is 4.79 Å². The van der Waals surface area contributed by atoms with Gasteiger partial charge in [-0.1, -0.05) is 6.92 Å². The Balaban J connectivity index is 1.83. The third kappa shape index (κ3) is 5.05. The lowest BCUT2D eigenvalue weighted by Gasteiger charge is -2.32. The van der Waals surface area contributed by atoms with E-state index in [1.54, 1.807) is 0 Å². The second-order valence-corrected chi connectivity index (χ2v) is 5.95. The molecular weight excluding hydrogens is 264 g/mol. The van der Waals surface area contributed by atoms with Gasteiger partial charge in [-0.3, -0.25) is 4.79 Å². The lowest BCUT2D eigenvalue weighted by atomic mass is 9.99. The number of aliphatic hydroxyl groups is 1. The highest BCUT2D eigenvalue weighted by molar-refractivity contribution is 5.90. The van der Waals surface area contributed by atoms with Crippen LogP contribution in [-0.2, 0) is 4.79 Å². The Labute approximate surface area is 127 Å². The number of hydrogen-bond donors (Lipinski definition) is 2. The molecule has 1 fully saturated rings. The largest absolute Gasteiger partial charge is 0.396 e. The summed E-state index contributed by atoms with van der Waals surface area (Å²) in [5, 5.41) is 11.6. The van der Waals surface area contributed by atoms with Crippen molar-refractivity contribution in [2.24, 2.45) is 5.92 Å². The molecule has 1 aliphatic heterocycles. The van der Waals surface area contributed by atoms with Gasteiger partial charge in [0.15, 0.2) is 0 Å². The molecule has 0 aliphatic carbocycles. The number of aliphatic hydroxyl groups excluding tert-OH is 1. The molecule has 1 aromatic carbocycles. The van der Waals surface area contributed by atoms with Crippen LogP contribution in [0.25, 0.3) is 0 Å². The molecule has 1 aliphatic rings. The molecule has 0 aromatic heterocycles. The first-order chi connectivity index (χ1) is 10.2. The van der Waals surface area contributed by atoms with Crippen molar-refractivity contribution in [1.29, 1.82) is 0 Å². The van der Waals surface area contributed by atoms with Gasteiger partial charge >= 0.3 is 0 Å². The maximum Gasteiger partial charge on any atom is 0.224 e. The predicted molar refractivity (Wildman–Crippen MR) is 86.6 cm³/mol. The first-order valence-electron chi connectivity index (χ1n) is 7.95. The summed E-state index contributed by atoms with van der Waals surface area (Å²) in [4.78, 5) is 14.1. The molecule has 2 rings (SSSR count). The number of carbonyl (C=O) groups is 1. The maximum atomic E-state index is 11.7. The van der Waals surface area contributed by atoms with Crippen LogP contribution in [0.2, 0.25) is 0 Å². The highest BCUT2D eigenvalue weighted by Crippen LogP contribution is 2.24. The van der Waals surface area contributed by atoms with Crippen LogP contribution >= 0.6 is 0 Å². The monoisotopic (exact) mass is 290 g/mol. The van der Waals surface area contributed by atoms with Crippen LogP contribution in [-0.4, -0.2) is 30.7 Å². The van der Waals surface area contributed by atoms with Crippen LogP contribution in [0.1, 0.15) is 39.0 Å². The Morgan fingerprint density at radius 1 is 1.24 bits per heavy atom. The normalized spacial score (nSPS) is 16.0. The lowest BCUT2D eigenvalue weighted by molar-refractivity contribution is -0.116. The highest BCUT2D eigenvalue weighted by Gasteiger charge is 2.15. The molecular formula is C17H26N2O2. The summed E-state index contributed by atoms with van der Waals surface area (Å²) in [6.45, 7) is 4.70. The molecule has 0 saturated carbocycles. The molecule has 0 unspecified atom stereocenters. The van der Waals surface area contributed by atoms with Crippen molar-refractivity contribution in [1.82, 2.24) is 0 Å². The molecule has 21 heavy (non-hydrogen) atoms. The fraction of sp³-hybridized carbons (Fsp3) is 0.588. The number of piperidine rings is 1. The van der Waals surface area contributed by atoms with Crippen molar-refractivity contribution in [3.05, 3.63) is 24.3 Å². The molecule has 1 amide bonds. The molecule has 4 heteroatoms. The zero-order valence-electron chi connectivity index (χ0n) is 12.8. The molecule has 0 radical (unpaired) electrons. The molecule has 0 atom stereocenters. The maximum absolute atomic E-state index is 11.7.